The molecule has 4 fully saturated rings. The van der Waals surface area contributed by atoms with Crippen LogP contribution in [0.2, 0.25) is 0 Å². The van der Waals surface area contributed by atoms with E-state index in [4.69, 9.17) is 10.4 Å². The maximum atomic E-state index is 13.1. The minimum Gasteiger partial charge on any atom is -0.388 e. The molecule has 0 spiro atoms. The summed E-state index contributed by atoms with van der Waals surface area (Å²) in [6.45, 7) is 2.80. The van der Waals surface area contributed by atoms with Gasteiger partial charge < -0.3 is 20.9 Å². The van der Waals surface area contributed by atoms with Crippen LogP contribution in [0.25, 0.3) is 16.6 Å². The molecular formula is C38H43N9O4. The highest BCUT2D eigenvalue weighted by molar-refractivity contribution is 6.23. The first-order chi connectivity index (χ1) is 24.7. The highest BCUT2D eigenvalue weighted by Crippen LogP contribution is 2.34. The van der Waals surface area contributed by atoms with E-state index < -0.39 is 29.7 Å². The molecule has 3 atom stereocenters. The number of nitrogens with one attached hydrogen (secondary N) is 4. The summed E-state index contributed by atoms with van der Waals surface area (Å²) in [5, 5.41) is 17.2. The summed E-state index contributed by atoms with van der Waals surface area (Å²) in [4.78, 5) is 65.5. The Balaban J connectivity index is 0.802. The lowest BCUT2D eigenvalue weighted by atomic mass is 9.77. The van der Waals surface area contributed by atoms with Crippen LogP contribution in [-0.2, 0) is 9.59 Å². The van der Waals surface area contributed by atoms with Crippen molar-refractivity contribution in [3.63, 3.8) is 0 Å². The average Bonchev–Trinajstić information content (AvgIpc) is 3.45. The van der Waals surface area contributed by atoms with E-state index in [0.717, 1.165) is 66.9 Å². The second-order valence-corrected chi connectivity index (χ2v) is 14.6. The molecule has 13 nitrogen and oxygen atoms in total. The molecule has 5 heterocycles. The molecular weight excluding hydrogens is 646 g/mol. The number of aromatic nitrogens is 2. The fourth-order valence-corrected chi connectivity index (χ4v) is 8.37. The highest BCUT2D eigenvalue weighted by Gasteiger charge is 2.44. The van der Waals surface area contributed by atoms with Gasteiger partial charge in [0.25, 0.3) is 11.8 Å². The maximum absolute atomic E-state index is 13.1. The van der Waals surface area contributed by atoms with Crippen molar-refractivity contribution in [2.24, 2.45) is 5.92 Å². The van der Waals surface area contributed by atoms with Gasteiger partial charge >= 0.3 is 0 Å². The van der Waals surface area contributed by atoms with E-state index in [1.54, 1.807) is 24.4 Å². The molecule has 3 saturated heterocycles. The summed E-state index contributed by atoms with van der Waals surface area (Å²) in [5.74, 6) is -1.41. The van der Waals surface area contributed by atoms with E-state index in [1.807, 2.05) is 12.3 Å². The Bertz CT molecular complexity index is 1940. The van der Waals surface area contributed by atoms with E-state index in [-0.39, 0.29) is 24.0 Å². The lowest BCUT2D eigenvalue weighted by molar-refractivity contribution is -0.136. The number of nitrogens with zero attached hydrogens (tertiary/aromatic N) is 5. The van der Waals surface area contributed by atoms with Crippen molar-refractivity contribution in [1.29, 1.82) is 5.41 Å². The predicted octanol–water partition coefficient (Wildman–Crippen LogP) is 3.56. The highest BCUT2D eigenvalue weighted by atomic mass is 16.2. The quantitative estimate of drug-likeness (QED) is 0.133. The zero-order valence-corrected chi connectivity index (χ0v) is 28.7. The van der Waals surface area contributed by atoms with Crippen LogP contribution in [-0.4, -0.2) is 100 Å². The molecule has 4 amide bonds. The number of likely N-dealkylation sites (N-methyl/N-ethyl adjacent to an activating group) is 1. The van der Waals surface area contributed by atoms with Gasteiger partial charge in [0.2, 0.25) is 11.8 Å². The van der Waals surface area contributed by atoms with E-state index in [1.165, 1.54) is 24.7 Å². The zero-order chi connectivity index (χ0) is 35.2. The van der Waals surface area contributed by atoms with E-state index in [2.05, 4.69) is 49.9 Å². The number of amides is 4. The first-order valence-electron chi connectivity index (χ1n) is 18.1. The van der Waals surface area contributed by atoms with Crippen molar-refractivity contribution in [2.75, 3.05) is 36.9 Å². The molecule has 3 aromatic rings. The van der Waals surface area contributed by atoms with Crippen LogP contribution in [0.5, 0.6) is 0 Å². The smallest absolute Gasteiger partial charge is 0.262 e. The number of carbonyl (C=O) groups excluding carboxylic acids is 4. The summed E-state index contributed by atoms with van der Waals surface area (Å²) in [6, 6.07) is 12.0. The van der Waals surface area contributed by atoms with Gasteiger partial charge in [0, 0.05) is 73.5 Å². The Labute approximate surface area is 296 Å². The van der Waals surface area contributed by atoms with Gasteiger partial charge in [-0.1, -0.05) is 0 Å². The number of carbonyl (C=O) groups is 4. The molecule has 8 rings (SSSR count). The number of piperidine rings is 1. The van der Waals surface area contributed by atoms with Gasteiger partial charge in [-0.15, -0.1) is 0 Å². The molecule has 0 radical (unpaired) electrons. The van der Waals surface area contributed by atoms with Crippen LogP contribution in [0, 0.1) is 11.3 Å². The van der Waals surface area contributed by atoms with E-state index >= 15 is 0 Å². The molecule has 13 heteroatoms. The number of fused-ring (bicyclic) bond motifs is 4. The number of rotatable bonds is 11. The van der Waals surface area contributed by atoms with Crippen LogP contribution >= 0.6 is 0 Å². The fourth-order valence-electron chi connectivity index (χ4n) is 8.37. The summed E-state index contributed by atoms with van der Waals surface area (Å²) >= 11 is 0. The molecule has 3 unspecified atom stereocenters. The average molecular weight is 690 g/mol. The topological polar surface area (TPSA) is 164 Å². The number of benzene rings is 2. The van der Waals surface area contributed by atoms with Crippen molar-refractivity contribution >= 4 is 57.8 Å². The Morgan fingerprint density at radius 1 is 0.980 bits per heavy atom. The number of hydrogen-bond acceptors (Lipinski definition) is 11. The third-order valence-corrected chi connectivity index (χ3v) is 11.5. The van der Waals surface area contributed by atoms with E-state index in [0.29, 0.717) is 35.3 Å². The van der Waals surface area contributed by atoms with Gasteiger partial charge in [0.1, 0.15) is 6.04 Å². The minimum atomic E-state index is -0.970. The monoisotopic (exact) mass is 689 g/mol. The molecule has 1 aliphatic carbocycles. The molecule has 51 heavy (non-hydrogen) atoms. The van der Waals surface area contributed by atoms with Gasteiger partial charge in [-0.2, -0.15) is 0 Å². The normalized spacial score (nSPS) is 26.3. The number of allylic oxidation sites excluding steroid dienone is 1. The van der Waals surface area contributed by atoms with Crippen molar-refractivity contribution in [2.45, 2.75) is 75.5 Å². The van der Waals surface area contributed by atoms with Crippen molar-refractivity contribution < 1.29 is 19.2 Å². The summed E-state index contributed by atoms with van der Waals surface area (Å²) in [6.07, 6.45) is 11.8. The molecule has 4 aliphatic heterocycles. The van der Waals surface area contributed by atoms with Crippen molar-refractivity contribution in [3.8, 4) is 0 Å². The molecule has 2 bridgehead atoms. The van der Waals surface area contributed by atoms with Gasteiger partial charge in [-0.25, -0.2) is 4.98 Å². The Kier molecular flexibility index (Phi) is 8.74. The number of imide groups is 2. The zero-order valence-electron chi connectivity index (χ0n) is 28.7. The SMILES string of the molecule is CN1C2CCC1CN(c1ccc3ncc(/C(C=N)=C/NC4CC(CCCNc5ccc6c(c5)C(=O)N(C5CCC(=O)NC5=O)C6=O)C4)nc3c1)C2. The van der Waals surface area contributed by atoms with Gasteiger partial charge in [0.15, 0.2) is 0 Å². The molecule has 1 saturated carbocycles. The number of anilines is 2. The molecule has 2 aromatic carbocycles. The predicted molar refractivity (Wildman–Crippen MR) is 194 cm³/mol. The van der Waals surface area contributed by atoms with Crippen LogP contribution in [0.3, 0.4) is 0 Å². The van der Waals surface area contributed by atoms with Crippen LogP contribution in [0.4, 0.5) is 11.4 Å². The Morgan fingerprint density at radius 2 is 1.76 bits per heavy atom. The van der Waals surface area contributed by atoms with Gasteiger partial charge in [-0.05, 0) is 94.3 Å². The first kappa shape index (κ1) is 33.0. The maximum Gasteiger partial charge on any atom is 0.262 e. The van der Waals surface area contributed by atoms with Gasteiger partial charge in [0.05, 0.1) is 34.1 Å². The Morgan fingerprint density at radius 3 is 2.53 bits per heavy atom. The standard InChI is InChI=1S/C38H43N9O4/c1-45-27-5-6-28(45)21-46(20-27)26-7-9-31-32(16-26)43-33(19-42-31)23(17-39)18-41-25-13-22(14-25)3-2-12-40-24-4-8-29-30(15-24)38(51)47(37(29)50)34-10-11-35(48)44-36(34)49/h4,7-9,15-19,22,25,27-28,34,39-41H,2-3,5-6,10-14,20-21H2,1H3,(H,44,48,49)/b23-18+,39-17?. The largest absolute Gasteiger partial charge is 0.388 e. The van der Waals surface area contributed by atoms with Crippen LogP contribution in [0.1, 0.15) is 77.8 Å². The second kappa shape index (κ2) is 13.5. The van der Waals surface area contributed by atoms with Gasteiger partial charge in [-0.3, -0.25) is 39.3 Å². The number of hydrogen-bond donors (Lipinski definition) is 4. The minimum absolute atomic E-state index is 0.0926. The summed E-state index contributed by atoms with van der Waals surface area (Å²) in [7, 11) is 2.25. The molecule has 264 valence electrons. The van der Waals surface area contributed by atoms with E-state index in [9.17, 15) is 19.2 Å². The second-order valence-electron chi connectivity index (χ2n) is 14.6. The summed E-state index contributed by atoms with van der Waals surface area (Å²) in [5.41, 5.74) is 5.57. The number of piperazine rings is 1. The van der Waals surface area contributed by atoms with Crippen molar-refractivity contribution in [1.82, 2.24) is 30.4 Å². The first-order valence-corrected chi connectivity index (χ1v) is 18.1. The third kappa shape index (κ3) is 6.35. The molecule has 4 N–H and O–H groups in total. The Hall–Kier alpha value is -5.17. The molecule has 1 aromatic heterocycles. The lowest BCUT2D eigenvalue weighted by Gasteiger charge is -2.40. The lowest BCUT2D eigenvalue weighted by Crippen LogP contribution is -2.54. The molecule has 5 aliphatic rings. The van der Waals surface area contributed by atoms with Crippen molar-refractivity contribution in [3.05, 3.63) is 65.6 Å². The van der Waals surface area contributed by atoms with Crippen LogP contribution in [0.15, 0.2) is 48.8 Å². The van der Waals surface area contributed by atoms with Crippen LogP contribution < -0.4 is 20.9 Å². The fraction of sp³-hybridized carbons (Fsp3) is 0.447. The summed E-state index contributed by atoms with van der Waals surface area (Å²) < 4.78 is 0. The third-order valence-electron chi connectivity index (χ3n) is 11.5.